The monoisotopic (exact) mass is 267 g/mol. The summed E-state index contributed by atoms with van der Waals surface area (Å²) in [6, 6.07) is 0.405. The number of likely N-dealkylation sites (tertiary alicyclic amines) is 1. The molecule has 2 rings (SSSR count). The van der Waals surface area contributed by atoms with Crippen LogP contribution in [0.25, 0.3) is 0 Å². The predicted molar refractivity (Wildman–Crippen MR) is 73.4 cm³/mol. The van der Waals surface area contributed by atoms with Gasteiger partial charge in [-0.2, -0.15) is 0 Å². The first kappa shape index (κ1) is 14.3. The van der Waals surface area contributed by atoms with Gasteiger partial charge in [0.05, 0.1) is 13.1 Å². The first-order chi connectivity index (χ1) is 9.22. The van der Waals surface area contributed by atoms with E-state index in [1.807, 2.05) is 4.90 Å². The van der Waals surface area contributed by atoms with Crippen LogP contribution < -0.4 is 11.1 Å². The van der Waals surface area contributed by atoms with Gasteiger partial charge in [0.25, 0.3) is 0 Å². The third kappa shape index (κ3) is 3.69. The number of carbonyl (C=O) groups excluding carboxylic acids is 2. The lowest BCUT2D eigenvalue weighted by atomic mass is 9.83. The van der Waals surface area contributed by atoms with Crippen LogP contribution in [0.2, 0.25) is 0 Å². The molecule has 0 spiro atoms. The van der Waals surface area contributed by atoms with Gasteiger partial charge in [0, 0.05) is 12.6 Å². The average Bonchev–Trinajstić information content (AvgIpc) is 2.94. The number of amides is 2. The van der Waals surface area contributed by atoms with Gasteiger partial charge in [0.15, 0.2) is 0 Å². The second kappa shape index (κ2) is 6.89. The van der Waals surface area contributed by atoms with Crippen molar-refractivity contribution in [2.75, 3.05) is 19.6 Å². The van der Waals surface area contributed by atoms with E-state index < -0.39 is 0 Å². The molecule has 2 aliphatic rings. The number of hydrogen-bond donors (Lipinski definition) is 2. The van der Waals surface area contributed by atoms with E-state index in [9.17, 15) is 9.59 Å². The summed E-state index contributed by atoms with van der Waals surface area (Å²) in [5.41, 5.74) is 5.22. The SMILES string of the molecule is NCC(=O)NCC(=O)N1CCCC1C1CCCCC1. The largest absolute Gasteiger partial charge is 0.346 e. The van der Waals surface area contributed by atoms with Gasteiger partial charge in [0.2, 0.25) is 11.8 Å². The molecule has 19 heavy (non-hydrogen) atoms. The van der Waals surface area contributed by atoms with Gasteiger partial charge in [-0.25, -0.2) is 0 Å². The van der Waals surface area contributed by atoms with Crippen LogP contribution in [0, 0.1) is 5.92 Å². The molecular formula is C14H25N3O2. The summed E-state index contributed by atoms with van der Waals surface area (Å²) >= 11 is 0. The summed E-state index contributed by atoms with van der Waals surface area (Å²) in [5, 5.41) is 2.58. The maximum Gasteiger partial charge on any atom is 0.242 e. The molecule has 1 aliphatic carbocycles. The summed E-state index contributed by atoms with van der Waals surface area (Å²) in [6.07, 6.45) is 8.66. The Morgan fingerprint density at radius 1 is 1.11 bits per heavy atom. The van der Waals surface area contributed by atoms with Crippen LogP contribution in [0.4, 0.5) is 0 Å². The molecule has 5 heteroatoms. The third-order valence-corrected chi connectivity index (χ3v) is 4.44. The highest BCUT2D eigenvalue weighted by Gasteiger charge is 2.34. The molecule has 0 bridgehead atoms. The van der Waals surface area contributed by atoms with E-state index in [0.29, 0.717) is 12.0 Å². The Kier molecular flexibility index (Phi) is 5.19. The molecule has 1 heterocycles. The molecule has 1 unspecified atom stereocenters. The van der Waals surface area contributed by atoms with Crippen molar-refractivity contribution >= 4 is 11.8 Å². The Hall–Kier alpha value is -1.10. The Morgan fingerprint density at radius 2 is 1.84 bits per heavy atom. The van der Waals surface area contributed by atoms with Crippen LogP contribution in [0.1, 0.15) is 44.9 Å². The van der Waals surface area contributed by atoms with Crippen LogP contribution in [0.5, 0.6) is 0 Å². The van der Waals surface area contributed by atoms with E-state index in [0.717, 1.165) is 19.4 Å². The van der Waals surface area contributed by atoms with Crippen molar-refractivity contribution in [2.24, 2.45) is 11.7 Å². The van der Waals surface area contributed by atoms with Gasteiger partial charge in [-0.3, -0.25) is 9.59 Å². The van der Waals surface area contributed by atoms with Gasteiger partial charge in [-0.05, 0) is 31.6 Å². The van der Waals surface area contributed by atoms with Gasteiger partial charge >= 0.3 is 0 Å². The maximum atomic E-state index is 12.2. The Morgan fingerprint density at radius 3 is 2.53 bits per heavy atom. The Labute approximate surface area is 114 Å². The molecule has 1 saturated heterocycles. The van der Waals surface area contributed by atoms with E-state index >= 15 is 0 Å². The molecule has 5 nitrogen and oxygen atoms in total. The number of nitrogens with zero attached hydrogens (tertiary/aromatic N) is 1. The van der Waals surface area contributed by atoms with Crippen LogP contribution in [-0.2, 0) is 9.59 Å². The minimum Gasteiger partial charge on any atom is -0.346 e. The zero-order chi connectivity index (χ0) is 13.7. The molecule has 0 radical (unpaired) electrons. The van der Waals surface area contributed by atoms with E-state index in [4.69, 9.17) is 5.73 Å². The van der Waals surface area contributed by atoms with Crippen LogP contribution >= 0.6 is 0 Å². The first-order valence-electron chi connectivity index (χ1n) is 7.48. The van der Waals surface area contributed by atoms with Crippen molar-refractivity contribution in [1.82, 2.24) is 10.2 Å². The standard InChI is InChI=1S/C14H25N3O2/c15-9-13(18)16-10-14(19)17-8-4-7-12(17)11-5-2-1-3-6-11/h11-12H,1-10,15H2,(H,16,18). The lowest BCUT2D eigenvalue weighted by Crippen LogP contribution is -2.46. The van der Waals surface area contributed by atoms with Crippen molar-refractivity contribution in [1.29, 1.82) is 0 Å². The highest BCUT2D eigenvalue weighted by atomic mass is 16.2. The molecule has 0 aromatic rings. The predicted octanol–water partition coefficient (Wildman–Crippen LogP) is 0.633. The van der Waals surface area contributed by atoms with E-state index in [-0.39, 0.29) is 24.9 Å². The smallest absolute Gasteiger partial charge is 0.242 e. The molecule has 1 atom stereocenters. The second-order valence-electron chi connectivity index (χ2n) is 5.68. The van der Waals surface area contributed by atoms with Gasteiger partial charge in [-0.15, -0.1) is 0 Å². The van der Waals surface area contributed by atoms with Gasteiger partial charge < -0.3 is 16.0 Å². The van der Waals surface area contributed by atoms with E-state index in [1.54, 1.807) is 0 Å². The lowest BCUT2D eigenvalue weighted by molar-refractivity contribution is -0.134. The normalized spacial score (nSPS) is 24.5. The summed E-state index contributed by atoms with van der Waals surface area (Å²) in [7, 11) is 0. The molecule has 0 aromatic carbocycles. The number of carbonyl (C=O) groups is 2. The maximum absolute atomic E-state index is 12.2. The molecular weight excluding hydrogens is 242 g/mol. The van der Waals surface area contributed by atoms with Crippen molar-refractivity contribution in [3.05, 3.63) is 0 Å². The minimum absolute atomic E-state index is 0.0508. The van der Waals surface area contributed by atoms with Crippen molar-refractivity contribution < 1.29 is 9.59 Å². The fourth-order valence-corrected chi connectivity index (χ4v) is 3.46. The van der Waals surface area contributed by atoms with Crippen LogP contribution in [0.15, 0.2) is 0 Å². The minimum atomic E-state index is -0.262. The second-order valence-corrected chi connectivity index (χ2v) is 5.68. The summed E-state index contributed by atoms with van der Waals surface area (Å²) in [5.74, 6) is 0.460. The quantitative estimate of drug-likeness (QED) is 0.784. The van der Waals surface area contributed by atoms with Crippen LogP contribution in [0.3, 0.4) is 0 Å². The fourth-order valence-electron chi connectivity index (χ4n) is 3.46. The Balaban J connectivity index is 1.86. The zero-order valence-electron chi connectivity index (χ0n) is 11.6. The number of hydrogen-bond acceptors (Lipinski definition) is 3. The molecule has 2 fully saturated rings. The molecule has 3 N–H and O–H groups in total. The number of nitrogens with one attached hydrogen (secondary N) is 1. The lowest BCUT2D eigenvalue weighted by Gasteiger charge is -2.34. The molecule has 0 aromatic heterocycles. The van der Waals surface area contributed by atoms with Crippen molar-refractivity contribution in [3.63, 3.8) is 0 Å². The Bertz CT molecular complexity index is 327. The summed E-state index contributed by atoms with van der Waals surface area (Å²) in [4.78, 5) is 25.3. The van der Waals surface area contributed by atoms with Crippen molar-refractivity contribution in [2.45, 2.75) is 51.0 Å². The van der Waals surface area contributed by atoms with Gasteiger partial charge in [0.1, 0.15) is 0 Å². The topological polar surface area (TPSA) is 75.4 Å². The fraction of sp³-hybridized carbons (Fsp3) is 0.857. The highest BCUT2D eigenvalue weighted by molar-refractivity contribution is 5.85. The summed E-state index contributed by atoms with van der Waals surface area (Å²) in [6.45, 7) is 0.886. The molecule has 108 valence electrons. The third-order valence-electron chi connectivity index (χ3n) is 4.44. The highest BCUT2D eigenvalue weighted by Crippen LogP contribution is 2.34. The number of nitrogens with two attached hydrogens (primary N) is 1. The van der Waals surface area contributed by atoms with Crippen LogP contribution in [-0.4, -0.2) is 42.4 Å². The molecule has 1 aliphatic heterocycles. The average molecular weight is 267 g/mol. The zero-order valence-corrected chi connectivity index (χ0v) is 11.6. The molecule has 1 saturated carbocycles. The van der Waals surface area contributed by atoms with E-state index in [2.05, 4.69) is 5.32 Å². The number of rotatable bonds is 4. The first-order valence-corrected chi connectivity index (χ1v) is 7.48. The summed E-state index contributed by atoms with van der Waals surface area (Å²) < 4.78 is 0. The van der Waals surface area contributed by atoms with Gasteiger partial charge in [-0.1, -0.05) is 19.3 Å². The van der Waals surface area contributed by atoms with Crippen molar-refractivity contribution in [3.8, 4) is 0 Å². The molecule has 2 amide bonds. The van der Waals surface area contributed by atoms with E-state index in [1.165, 1.54) is 32.1 Å².